The fourth-order valence-electron chi connectivity index (χ4n) is 1.87. The number of carbonyl (C=O) groups excluding carboxylic acids is 2. The third-order valence-electron chi connectivity index (χ3n) is 3.18. The van der Waals surface area contributed by atoms with E-state index in [4.69, 9.17) is 4.74 Å². The molecule has 0 heterocycles. The van der Waals surface area contributed by atoms with Crippen molar-refractivity contribution < 1.29 is 14.3 Å². The number of rotatable bonds is 7. The first kappa shape index (κ1) is 17.0. The van der Waals surface area contributed by atoms with Gasteiger partial charge in [-0.05, 0) is 25.8 Å². The Labute approximate surface area is 126 Å². The Morgan fingerprint density at radius 1 is 1.14 bits per heavy atom. The lowest BCUT2D eigenvalue weighted by atomic mass is 10.0. The van der Waals surface area contributed by atoms with Crippen molar-refractivity contribution in [1.29, 1.82) is 0 Å². The molecular weight excluding hydrogens is 268 g/mol. The van der Waals surface area contributed by atoms with Gasteiger partial charge < -0.3 is 15.4 Å². The van der Waals surface area contributed by atoms with Crippen molar-refractivity contribution in [2.24, 2.45) is 0 Å². The van der Waals surface area contributed by atoms with Crippen LogP contribution < -0.4 is 10.6 Å². The smallest absolute Gasteiger partial charge is 0.407 e. The fourth-order valence-corrected chi connectivity index (χ4v) is 1.87. The second-order valence-electron chi connectivity index (χ2n) is 4.91. The Balaban J connectivity index is 2.73. The quantitative estimate of drug-likeness (QED) is 0.812. The predicted octanol–water partition coefficient (Wildman–Crippen LogP) is 2.78. The third kappa shape index (κ3) is 6.29. The minimum absolute atomic E-state index is 0.0880. The van der Waals surface area contributed by atoms with Crippen LogP contribution in [-0.4, -0.2) is 24.6 Å². The molecule has 0 radical (unpaired) electrons. The van der Waals surface area contributed by atoms with Crippen LogP contribution >= 0.6 is 0 Å². The lowest BCUT2D eigenvalue weighted by Crippen LogP contribution is -2.37. The van der Waals surface area contributed by atoms with Crippen LogP contribution in [-0.2, 0) is 9.53 Å². The van der Waals surface area contributed by atoms with Crippen LogP contribution in [0.3, 0.4) is 0 Å². The average Bonchev–Trinajstić information content (AvgIpc) is 2.47. The second-order valence-corrected chi connectivity index (χ2v) is 4.91. The van der Waals surface area contributed by atoms with Crippen LogP contribution in [0.25, 0.3) is 0 Å². The van der Waals surface area contributed by atoms with Crippen LogP contribution in [0, 0.1) is 0 Å². The molecule has 0 unspecified atom stereocenters. The van der Waals surface area contributed by atoms with E-state index in [0.717, 1.165) is 12.0 Å². The molecule has 2 N–H and O–H groups in total. The van der Waals surface area contributed by atoms with Gasteiger partial charge in [-0.1, -0.05) is 37.3 Å². The molecule has 1 aromatic rings. The number of nitrogens with one attached hydrogen (secondary N) is 2. The molecule has 1 rings (SSSR count). The van der Waals surface area contributed by atoms with Crippen molar-refractivity contribution in [3.63, 3.8) is 0 Å². The summed E-state index contributed by atoms with van der Waals surface area (Å²) in [7, 11) is 0. The standard InChI is InChI=1S/C16H24N2O3/c1-4-12(3)17-15(19)11-14(18-16(20)21-5-2)13-9-7-6-8-10-13/h6-10,12,14H,4-5,11H2,1-3H3,(H,17,19)(H,18,20)/t12-,14+/m1/s1. The molecular formula is C16H24N2O3. The largest absolute Gasteiger partial charge is 0.450 e. The summed E-state index contributed by atoms with van der Waals surface area (Å²) in [5, 5.41) is 5.64. The predicted molar refractivity (Wildman–Crippen MR) is 81.9 cm³/mol. The van der Waals surface area contributed by atoms with Gasteiger partial charge in [0.25, 0.3) is 0 Å². The van der Waals surface area contributed by atoms with Gasteiger partial charge in [0.2, 0.25) is 5.91 Å². The zero-order chi connectivity index (χ0) is 15.7. The summed E-state index contributed by atoms with van der Waals surface area (Å²) in [5.41, 5.74) is 0.879. The van der Waals surface area contributed by atoms with Crippen LogP contribution in [0.5, 0.6) is 0 Å². The zero-order valence-electron chi connectivity index (χ0n) is 12.9. The molecule has 0 aliphatic rings. The second kappa shape index (κ2) is 9.00. The number of benzene rings is 1. The van der Waals surface area contributed by atoms with Crippen molar-refractivity contribution in [1.82, 2.24) is 10.6 Å². The van der Waals surface area contributed by atoms with E-state index in [1.807, 2.05) is 44.2 Å². The van der Waals surface area contributed by atoms with Crippen molar-refractivity contribution >= 4 is 12.0 Å². The monoisotopic (exact) mass is 292 g/mol. The summed E-state index contributed by atoms with van der Waals surface area (Å²) in [6, 6.07) is 9.14. The first-order chi connectivity index (χ1) is 10.1. The highest BCUT2D eigenvalue weighted by atomic mass is 16.5. The summed E-state index contributed by atoms with van der Waals surface area (Å²) in [4.78, 5) is 23.7. The minimum Gasteiger partial charge on any atom is -0.450 e. The lowest BCUT2D eigenvalue weighted by Gasteiger charge is -2.20. The van der Waals surface area contributed by atoms with Gasteiger partial charge in [0.1, 0.15) is 0 Å². The zero-order valence-corrected chi connectivity index (χ0v) is 12.9. The molecule has 0 spiro atoms. The Hall–Kier alpha value is -2.04. The maximum atomic E-state index is 12.0. The molecule has 0 fully saturated rings. The van der Waals surface area contributed by atoms with Gasteiger partial charge in [0, 0.05) is 6.04 Å². The lowest BCUT2D eigenvalue weighted by molar-refractivity contribution is -0.122. The van der Waals surface area contributed by atoms with Gasteiger partial charge in [-0.15, -0.1) is 0 Å². The molecule has 0 bridgehead atoms. The number of amides is 2. The number of hydrogen-bond donors (Lipinski definition) is 2. The molecule has 1 aromatic carbocycles. The molecule has 5 heteroatoms. The van der Waals surface area contributed by atoms with Crippen molar-refractivity contribution in [3.8, 4) is 0 Å². The summed E-state index contributed by atoms with van der Waals surface area (Å²) < 4.78 is 4.90. The maximum Gasteiger partial charge on any atom is 0.407 e. The van der Waals surface area contributed by atoms with Gasteiger partial charge in [0.15, 0.2) is 0 Å². The molecule has 116 valence electrons. The first-order valence-electron chi connectivity index (χ1n) is 7.34. The van der Waals surface area contributed by atoms with E-state index in [9.17, 15) is 9.59 Å². The van der Waals surface area contributed by atoms with Gasteiger partial charge in [-0.2, -0.15) is 0 Å². The summed E-state index contributed by atoms with van der Waals surface area (Å²) in [6.07, 6.45) is 0.544. The maximum absolute atomic E-state index is 12.0. The van der Waals surface area contributed by atoms with E-state index < -0.39 is 12.1 Å². The average molecular weight is 292 g/mol. The Morgan fingerprint density at radius 3 is 2.38 bits per heavy atom. The van der Waals surface area contributed by atoms with Gasteiger partial charge in [-0.3, -0.25) is 4.79 Å². The van der Waals surface area contributed by atoms with Gasteiger partial charge in [-0.25, -0.2) is 4.79 Å². The number of alkyl carbamates (subject to hydrolysis) is 1. The highest BCUT2D eigenvalue weighted by molar-refractivity contribution is 5.78. The van der Waals surface area contributed by atoms with Crippen molar-refractivity contribution in [3.05, 3.63) is 35.9 Å². The van der Waals surface area contributed by atoms with E-state index in [1.165, 1.54) is 0 Å². The van der Waals surface area contributed by atoms with Crippen LogP contribution in [0.15, 0.2) is 30.3 Å². The topological polar surface area (TPSA) is 67.4 Å². The van der Waals surface area contributed by atoms with Gasteiger partial charge >= 0.3 is 6.09 Å². The minimum atomic E-state index is -0.511. The van der Waals surface area contributed by atoms with E-state index in [2.05, 4.69) is 10.6 Å². The molecule has 2 atom stereocenters. The van der Waals surface area contributed by atoms with Crippen LogP contribution in [0.4, 0.5) is 4.79 Å². The summed E-state index contributed by atoms with van der Waals surface area (Å²) in [5.74, 6) is -0.0880. The van der Waals surface area contributed by atoms with E-state index in [-0.39, 0.29) is 18.4 Å². The van der Waals surface area contributed by atoms with Crippen molar-refractivity contribution in [2.45, 2.75) is 45.7 Å². The number of hydrogen-bond acceptors (Lipinski definition) is 3. The molecule has 21 heavy (non-hydrogen) atoms. The first-order valence-corrected chi connectivity index (χ1v) is 7.34. The van der Waals surface area contributed by atoms with Crippen molar-refractivity contribution in [2.75, 3.05) is 6.61 Å². The van der Waals surface area contributed by atoms with Gasteiger partial charge in [0.05, 0.1) is 19.1 Å². The normalized spacial score (nSPS) is 13.1. The molecule has 0 saturated heterocycles. The number of ether oxygens (including phenoxy) is 1. The molecule has 0 saturated carbocycles. The number of carbonyl (C=O) groups is 2. The molecule has 0 aliphatic carbocycles. The van der Waals surface area contributed by atoms with Crippen LogP contribution in [0.2, 0.25) is 0 Å². The Bertz CT molecular complexity index is 448. The fraction of sp³-hybridized carbons (Fsp3) is 0.500. The Kier molecular flexibility index (Phi) is 7.29. The third-order valence-corrected chi connectivity index (χ3v) is 3.18. The van der Waals surface area contributed by atoms with E-state index in [1.54, 1.807) is 6.92 Å². The highest BCUT2D eigenvalue weighted by Crippen LogP contribution is 2.16. The molecule has 0 aromatic heterocycles. The van der Waals surface area contributed by atoms with E-state index >= 15 is 0 Å². The van der Waals surface area contributed by atoms with E-state index in [0.29, 0.717) is 6.61 Å². The highest BCUT2D eigenvalue weighted by Gasteiger charge is 2.19. The van der Waals surface area contributed by atoms with Crippen LogP contribution in [0.1, 0.15) is 45.2 Å². The molecule has 2 amide bonds. The molecule has 5 nitrogen and oxygen atoms in total. The summed E-state index contributed by atoms with van der Waals surface area (Å²) in [6.45, 7) is 6.00. The molecule has 0 aliphatic heterocycles. The Morgan fingerprint density at radius 2 is 1.81 bits per heavy atom. The summed E-state index contributed by atoms with van der Waals surface area (Å²) >= 11 is 0. The SMILES string of the molecule is CCOC(=O)N[C@@H](CC(=O)N[C@H](C)CC)c1ccccc1.